The fraction of sp³-hybridized carbons (Fsp3) is 0.727. The van der Waals surface area contributed by atoms with Gasteiger partial charge in [-0.15, -0.1) is 23.5 Å². The highest BCUT2D eigenvalue weighted by atomic mass is 32.2. The molecule has 198 valence electrons. The van der Waals surface area contributed by atoms with Crippen molar-refractivity contribution in [3.63, 3.8) is 0 Å². The summed E-state index contributed by atoms with van der Waals surface area (Å²) in [6, 6.07) is 8.34. The Morgan fingerprint density at radius 1 is 0.794 bits per heavy atom. The van der Waals surface area contributed by atoms with Crippen LogP contribution >= 0.6 is 38.7 Å². The first-order valence-corrected chi connectivity index (χ1v) is 20.4. The second kappa shape index (κ2) is 15.0. The van der Waals surface area contributed by atoms with Crippen LogP contribution < -0.4 is 0 Å². The van der Waals surface area contributed by atoms with Crippen molar-refractivity contribution in [1.29, 1.82) is 0 Å². The van der Waals surface area contributed by atoms with E-state index in [2.05, 4.69) is 24.3 Å². The third-order valence-electron chi connectivity index (χ3n) is 4.50. The molecular formula is C22H42O7P2S2Si. The van der Waals surface area contributed by atoms with Gasteiger partial charge in [-0.05, 0) is 96.5 Å². The van der Waals surface area contributed by atoms with Gasteiger partial charge in [0, 0.05) is 9.79 Å². The molecule has 0 N–H and O–H groups in total. The molecule has 0 saturated heterocycles. The number of thioether (sulfide) groups is 2. The molecule has 7 nitrogen and oxygen atoms in total. The zero-order chi connectivity index (χ0) is 25.9. The number of hydrogen-bond acceptors (Lipinski definition) is 9. The largest absolute Gasteiger partial charge is 0.393 e. The van der Waals surface area contributed by atoms with E-state index in [-0.39, 0.29) is 32.8 Å². The van der Waals surface area contributed by atoms with Crippen molar-refractivity contribution in [1.82, 2.24) is 0 Å². The molecule has 0 amide bonds. The summed E-state index contributed by atoms with van der Waals surface area (Å²) in [5, 5.41) is -1.84. The fourth-order valence-electron chi connectivity index (χ4n) is 3.40. The van der Waals surface area contributed by atoms with Crippen molar-refractivity contribution in [3.05, 3.63) is 24.3 Å². The van der Waals surface area contributed by atoms with Gasteiger partial charge in [-0.25, -0.2) is 0 Å². The topological polar surface area (TPSA) is 80.3 Å². The minimum atomic E-state index is -4.07. The predicted molar refractivity (Wildman–Crippen MR) is 147 cm³/mol. The maximum Gasteiger partial charge on any atom is 0.373 e. The second-order valence-corrected chi connectivity index (χ2v) is 19.5. The summed E-state index contributed by atoms with van der Waals surface area (Å²) in [5.74, 6) is 0.700. The molecule has 34 heavy (non-hydrogen) atoms. The van der Waals surface area contributed by atoms with Gasteiger partial charge in [0.25, 0.3) is 5.08 Å². The molecular weight excluding hydrogens is 530 g/mol. The molecule has 0 aromatic heterocycles. The first-order chi connectivity index (χ1) is 16.0. The van der Waals surface area contributed by atoms with Crippen LogP contribution in [0, 0.1) is 0 Å². The highest BCUT2D eigenvalue weighted by Crippen LogP contribution is 2.80. The third-order valence-corrected chi connectivity index (χ3v) is 13.8. The SMILES string of the molecule is CCOP(=O)(OCC)C(CCCSc1ccc(SC)cc1)(O[Si](C)(C)C)P(=O)(OCC)OCC. The number of benzene rings is 1. The van der Waals surface area contributed by atoms with E-state index in [0.717, 1.165) is 4.90 Å². The highest BCUT2D eigenvalue weighted by molar-refractivity contribution is 7.99. The second-order valence-electron chi connectivity index (χ2n) is 8.25. The lowest BCUT2D eigenvalue weighted by molar-refractivity contribution is 0.0880. The summed E-state index contributed by atoms with van der Waals surface area (Å²) >= 11 is 3.38. The molecule has 0 heterocycles. The predicted octanol–water partition coefficient (Wildman–Crippen LogP) is 8.32. The lowest BCUT2D eigenvalue weighted by Crippen LogP contribution is -2.44. The van der Waals surface area contributed by atoms with Crippen LogP contribution in [0.3, 0.4) is 0 Å². The maximum absolute atomic E-state index is 14.4. The Morgan fingerprint density at radius 3 is 1.56 bits per heavy atom. The smallest absolute Gasteiger partial charge is 0.373 e. The molecule has 12 heteroatoms. The van der Waals surface area contributed by atoms with Gasteiger partial charge in [0.15, 0.2) is 8.32 Å². The molecule has 0 bridgehead atoms. The van der Waals surface area contributed by atoms with E-state index in [1.165, 1.54) is 4.90 Å². The lowest BCUT2D eigenvalue weighted by atomic mass is 10.3. The van der Waals surface area contributed by atoms with Gasteiger partial charge < -0.3 is 22.5 Å². The molecule has 0 aliphatic heterocycles. The van der Waals surface area contributed by atoms with Crippen molar-refractivity contribution in [2.24, 2.45) is 0 Å². The summed E-state index contributed by atoms with van der Waals surface area (Å²) in [6.07, 6.45) is 2.75. The van der Waals surface area contributed by atoms with Crippen molar-refractivity contribution in [3.8, 4) is 0 Å². The molecule has 0 radical (unpaired) electrons. The van der Waals surface area contributed by atoms with Crippen LogP contribution in [0.4, 0.5) is 0 Å². The molecule has 1 aromatic carbocycles. The number of hydrogen-bond donors (Lipinski definition) is 0. The van der Waals surface area contributed by atoms with E-state index < -0.39 is 28.6 Å². The molecule has 1 aromatic rings. The molecule has 0 aliphatic carbocycles. The van der Waals surface area contributed by atoms with E-state index in [1.54, 1.807) is 51.2 Å². The van der Waals surface area contributed by atoms with Crippen LogP contribution in [0.2, 0.25) is 19.6 Å². The van der Waals surface area contributed by atoms with Gasteiger partial charge in [0.05, 0.1) is 26.4 Å². The zero-order valence-corrected chi connectivity index (χ0v) is 26.2. The Hall–Kier alpha value is 0.397. The highest BCUT2D eigenvalue weighted by Gasteiger charge is 2.67. The summed E-state index contributed by atoms with van der Waals surface area (Å²) in [5.41, 5.74) is 0. The van der Waals surface area contributed by atoms with Gasteiger partial charge in [-0.2, -0.15) is 0 Å². The van der Waals surface area contributed by atoms with Crippen LogP contribution in [0.15, 0.2) is 34.1 Å². The summed E-state index contributed by atoms with van der Waals surface area (Å²) in [4.78, 5) is 2.33. The monoisotopic (exact) mass is 572 g/mol. The van der Waals surface area contributed by atoms with E-state index in [4.69, 9.17) is 22.5 Å². The third kappa shape index (κ3) is 8.75. The van der Waals surface area contributed by atoms with Crippen molar-refractivity contribution >= 4 is 47.0 Å². The Morgan fingerprint density at radius 2 is 1.21 bits per heavy atom. The maximum atomic E-state index is 14.4. The molecule has 0 fully saturated rings. The van der Waals surface area contributed by atoms with Crippen LogP contribution in [0.25, 0.3) is 0 Å². The normalized spacial score (nSPS) is 13.4. The number of rotatable bonds is 18. The van der Waals surface area contributed by atoms with Gasteiger partial charge in [-0.3, -0.25) is 9.13 Å². The Bertz CT molecular complexity index is 768. The van der Waals surface area contributed by atoms with Crippen LogP contribution in [0.1, 0.15) is 40.5 Å². The van der Waals surface area contributed by atoms with Crippen LogP contribution in [-0.2, 0) is 31.7 Å². The molecule has 0 saturated carbocycles. The van der Waals surface area contributed by atoms with Crippen molar-refractivity contribution < 1.29 is 31.7 Å². The minimum absolute atomic E-state index is 0.114. The Kier molecular flexibility index (Phi) is 14.3. The van der Waals surface area contributed by atoms with Gasteiger partial charge in [0.2, 0.25) is 0 Å². The first kappa shape index (κ1) is 32.4. The molecule has 0 atom stereocenters. The summed E-state index contributed by atoms with van der Waals surface area (Å²) in [7, 11) is -10.6. The van der Waals surface area contributed by atoms with E-state index in [1.807, 2.05) is 25.9 Å². The standard InChI is InChI=1S/C22H42O7P2S2Si/c1-9-25-30(23,26-10-2)22(29-34(6,7)8,31(24,27-11-3)28-12-4)18-13-19-33-21-16-14-20(32-5)15-17-21/h14-17H,9-13,18-19H2,1-8H3. The minimum Gasteiger partial charge on any atom is -0.393 e. The van der Waals surface area contributed by atoms with Crippen LogP contribution in [-0.4, -0.2) is 51.8 Å². The van der Waals surface area contributed by atoms with Crippen molar-refractivity contribution in [2.45, 2.75) is 75.1 Å². The summed E-state index contributed by atoms with van der Waals surface area (Å²) < 4.78 is 58.3. The summed E-state index contributed by atoms with van der Waals surface area (Å²) in [6.45, 7) is 13.2. The molecule has 0 unspecified atom stereocenters. The Labute approximate surface area is 216 Å². The average molecular weight is 573 g/mol. The average Bonchev–Trinajstić information content (AvgIpc) is 2.76. The van der Waals surface area contributed by atoms with E-state index in [9.17, 15) is 9.13 Å². The quantitative estimate of drug-likeness (QED) is 0.0746. The lowest BCUT2D eigenvalue weighted by Gasteiger charge is -2.45. The fourth-order valence-corrected chi connectivity index (χ4v) is 13.4. The van der Waals surface area contributed by atoms with Crippen LogP contribution in [0.5, 0.6) is 0 Å². The Balaban J connectivity index is 3.42. The molecule has 0 aliphatic rings. The molecule has 1 rings (SSSR count). The molecule has 0 spiro atoms. The van der Waals surface area contributed by atoms with Gasteiger partial charge in [0.1, 0.15) is 0 Å². The van der Waals surface area contributed by atoms with Gasteiger partial charge >= 0.3 is 15.2 Å². The van der Waals surface area contributed by atoms with Crippen molar-refractivity contribution in [2.75, 3.05) is 38.4 Å². The van der Waals surface area contributed by atoms with Gasteiger partial charge in [-0.1, -0.05) is 0 Å². The zero-order valence-electron chi connectivity index (χ0n) is 21.8. The van der Waals surface area contributed by atoms with E-state index >= 15 is 0 Å². The van der Waals surface area contributed by atoms with E-state index in [0.29, 0.717) is 12.2 Å². The first-order valence-electron chi connectivity index (χ1n) is 11.7.